The summed E-state index contributed by atoms with van der Waals surface area (Å²) in [5.41, 5.74) is 6.07. The summed E-state index contributed by atoms with van der Waals surface area (Å²) in [6.07, 6.45) is 2.14. The summed E-state index contributed by atoms with van der Waals surface area (Å²) < 4.78 is 34.0. The quantitative estimate of drug-likeness (QED) is 0.266. The standard InChI is InChI=1S/C30H40BrFIN5O5/c1-29(2,3)43-28(40)38-13-15-10-20(38)24(15)36-27(39)42-30(4,5)12-18-17-11-19(33)21(31)22(32)25(17)35-26(23(18)34)41-14-16-8-7-9-37(16)6/h11,15-16,20,24H,7-10,12-14,34H2,1-6H3,(H,36,39)/t15?,16-,20?,24?/m0/s1. The van der Waals surface area contributed by atoms with Crippen LogP contribution < -0.4 is 15.8 Å². The maximum Gasteiger partial charge on any atom is 0.410 e. The normalized spacial score (nSPS) is 23.8. The molecule has 4 fully saturated rings. The van der Waals surface area contributed by atoms with Crippen molar-refractivity contribution in [3.63, 3.8) is 0 Å². The van der Waals surface area contributed by atoms with E-state index in [4.69, 9.17) is 19.9 Å². The number of hydrogen-bond donors (Lipinski definition) is 2. The topological polar surface area (TPSA) is 119 Å². The number of ether oxygens (including phenoxy) is 3. The minimum absolute atomic E-state index is 0.127. The van der Waals surface area contributed by atoms with E-state index in [1.54, 1.807) is 18.7 Å². The Labute approximate surface area is 273 Å². The summed E-state index contributed by atoms with van der Waals surface area (Å²) in [5.74, 6) is -0.184. The number of fused-ring (bicyclic) bond motifs is 2. The molecule has 3 saturated heterocycles. The first-order valence-electron chi connectivity index (χ1n) is 14.6. The van der Waals surface area contributed by atoms with Gasteiger partial charge in [0.2, 0.25) is 5.88 Å². The molecule has 0 radical (unpaired) electrons. The van der Waals surface area contributed by atoms with Gasteiger partial charge in [0.05, 0.1) is 22.2 Å². The molecule has 3 aliphatic heterocycles. The molecule has 43 heavy (non-hydrogen) atoms. The molecule has 1 aliphatic carbocycles. The molecule has 1 aromatic carbocycles. The number of likely N-dealkylation sites (N-methyl/N-ethyl adjacent to an activating group) is 1. The van der Waals surface area contributed by atoms with Crippen LogP contribution in [0.2, 0.25) is 0 Å². The fourth-order valence-electron chi connectivity index (χ4n) is 6.27. The average Bonchev–Trinajstić information content (AvgIpc) is 3.61. The van der Waals surface area contributed by atoms with Crippen LogP contribution >= 0.6 is 38.5 Å². The second kappa shape index (κ2) is 12.0. The number of nitrogens with one attached hydrogen (secondary N) is 1. The molecule has 2 amide bonds. The van der Waals surface area contributed by atoms with Gasteiger partial charge in [0, 0.05) is 33.9 Å². The van der Waals surface area contributed by atoms with E-state index in [9.17, 15) is 9.59 Å². The zero-order chi connectivity index (χ0) is 31.4. The average molecular weight is 776 g/mol. The van der Waals surface area contributed by atoms with E-state index in [2.05, 4.69) is 60.8 Å². The smallest absolute Gasteiger partial charge is 0.410 e. The highest BCUT2D eigenvalue weighted by Crippen LogP contribution is 2.42. The predicted molar refractivity (Wildman–Crippen MR) is 174 cm³/mol. The van der Waals surface area contributed by atoms with Gasteiger partial charge in [-0.2, -0.15) is 0 Å². The van der Waals surface area contributed by atoms with E-state index < -0.39 is 23.1 Å². The van der Waals surface area contributed by atoms with E-state index in [-0.39, 0.29) is 48.0 Å². The van der Waals surface area contributed by atoms with Crippen molar-refractivity contribution in [1.82, 2.24) is 20.1 Å². The highest BCUT2D eigenvalue weighted by molar-refractivity contribution is 14.1. The van der Waals surface area contributed by atoms with Gasteiger partial charge in [-0.25, -0.2) is 19.0 Å². The first kappa shape index (κ1) is 32.3. The van der Waals surface area contributed by atoms with Gasteiger partial charge in [0.15, 0.2) is 5.82 Å². The summed E-state index contributed by atoms with van der Waals surface area (Å²) in [4.78, 5) is 34.2. The van der Waals surface area contributed by atoms with Crippen molar-refractivity contribution in [3.05, 3.63) is 25.5 Å². The van der Waals surface area contributed by atoms with Crippen molar-refractivity contribution in [2.75, 3.05) is 32.5 Å². The van der Waals surface area contributed by atoms with Crippen molar-refractivity contribution in [3.8, 4) is 5.88 Å². The lowest BCUT2D eigenvalue weighted by molar-refractivity contribution is 0.0173. The number of nitrogens with zero attached hydrogens (tertiary/aromatic N) is 3. The van der Waals surface area contributed by atoms with Crippen LogP contribution in [0.3, 0.4) is 0 Å². The molecule has 3 N–H and O–H groups in total. The second-order valence-corrected chi connectivity index (χ2v) is 15.4. The molecule has 13 heteroatoms. The third-order valence-electron chi connectivity index (χ3n) is 8.50. The van der Waals surface area contributed by atoms with Crippen molar-refractivity contribution < 1.29 is 28.2 Å². The van der Waals surface area contributed by atoms with Crippen LogP contribution in [-0.2, 0) is 15.9 Å². The van der Waals surface area contributed by atoms with Gasteiger partial charge < -0.3 is 35.1 Å². The van der Waals surface area contributed by atoms with Gasteiger partial charge in [-0.15, -0.1) is 0 Å². The molecular formula is C30H40BrFIN5O5. The highest BCUT2D eigenvalue weighted by atomic mass is 127. The summed E-state index contributed by atoms with van der Waals surface area (Å²) >= 11 is 5.39. The third-order valence-corrected chi connectivity index (χ3v) is 10.9. The van der Waals surface area contributed by atoms with Crippen molar-refractivity contribution >= 4 is 67.3 Å². The zero-order valence-corrected chi connectivity index (χ0v) is 29.2. The number of halogens is 3. The van der Waals surface area contributed by atoms with Gasteiger partial charge in [-0.3, -0.25) is 0 Å². The van der Waals surface area contributed by atoms with Crippen LogP contribution in [0.1, 0.15) is 59.4 Å². The molecule has 10 nitrogen and oxygen atoms in total. The van der Waals surface area contributed by atoms with Gasteiger partial charge >= 0.3 is 12.2 Å². The third kappa shape index (κ3) is 6.77. The number of amides is 2. The molecule has 2 aromatic rings. The molecule has 2 bridgehead atoms. The van der Waals surface area contributed by atoms with Crippen LogP contribution in [0.15, 0.2) is 10.5 Å². The Morgan fingerprint density at radius 1 is 1.26 bits per heavy atom. The predicted octanol–water partition coefficient (Wildman–Crippen LogP) is 5.85. The Hall–Kier alpha value is -2.13. The summed E-state index contributed by atoms with van der Waals surface area (Å²) in [6.45, 7) is 11.0. The molecule has 4 aliphatic rings. The number of rotatable bonds is 7. The maximum absolute atomic E-state index is 15.5. The maximum atomic E-state index is 15.5. The van der Waals surface area contributed by atoms with E-state index in [1.165, 1.54) is 0 Å². The number of pyridine rings is 1. The molecule has 4 atom stereocenters. The molecule has 1 aromatic heterocycles. The number of nitrogen functional groups attached to an aromatic ring is 1. The number of carbonyl (C=O) groups excluding carboxylic acids is 2. The Kier molecular flexibility index (Phi) is 9.00. The van der Waals surface area contributed by atoms with Gasteiger partial charge in [-0.05, 0) is 118 Å². The Morgan fingerprint density at radius 2 is 1.98 bits per heavy atom. The largest absolute Gasteiger partial charge is 0.475 e. The lowest BCUT2D eigenvalue weighted by Crippen LogP contribution is -2.56. The number of alkyl carbamates (subject to hydrolysis) is 1. The number of likely N-dealkylation sites (tertiary alicyclic amines) is 1. The lowest BCUT2D eigenvalue weighted by atomic mass is 9.80. The van der Waals surface area contributed by atoms with Crippen LogP contribution in [-0.4, -0.2) is 83.0 Å². The van der Waals surface area contributed by atoms with E-state index in [0.29, 0.717) is 37.8 Å². The van der Waals surface area contributed by atoms with Gasteiger partial charge in [0.1, 0.15) is 23.3 Å². The molecule has 6 rings (SSSR count). The number of benzene rings is 1. The van der Waals surface area contributed by atoms with Crippen molar-refractivity contribution in [2.24, 2.45) is 5.92 Å². The van der Waals surface area contributed by atoms with E-state index >= 15 is 4.39 Å². The number of nitrogens with two attached hydrogens (primary N) is 1. The monoisotopic (exact) mass is 775 g/mol. The summed E-state index contributed by atoms with van der Waals surface area (Å²) in [7, 11) is 2.05. The van der Waals surface area contributed by atoms with Crippen LogP contribution in [0.25, 0.3) is 10.9 Å². The van der Waals surface area contributed by atoms with Crippen LogP contribution in [0.4, 0.5) is 19.7 Å². The van der Waals surface area contributed by atoms with Gasteiger partial charge in [-0.1, -0.05) is 0 Å². The van der Waals surface area contributed by atoms with Crippen LogP contribution in [0, 0.1) is 15.3 Å². The van der Waals surface area contributed by atoms with Crippen molar-refractivity contribution in [1.29, 1.82) is 0 Å². The lowest BCUT2D eigenvalue weighted by Gasteiger charge is -2.37. The van der Waals surface area contributed by atoms with Gasteiger partial charge in [0.25, 0.3) is 0 Å². The number of hydrogen-bond acceptors (Lipinski definition) is 8. The first-order valence-corrected chi connectivity index (χ1v) is 16.5. The Bertz CT molecular complexity index is 1440. The molecular weight excluding hydrogens is 736 g/mol. The zero-order valence-electron chi connectivity index (χ0n) is 25.4. The SMILES string of the molecule is CN1CCC[C@H]1COc1nc2c(F)c(Br)c(I)cc2c(CC(C)(C)OC(=O)NC2C3CC2N(C(=O)OC(C)(C)C)C3)c1N. The summed E-state index contributed by atoms with van der Waals surface area (Å²) in [5, 5.41) is 3.50. The fraction of sp³-hybridized carbons (Fsp3) is 0.633. The molecule has 236 valence electrons. The minimum atomic E-state index is -1.02. The number of carbonyl (C=O) groups is 2. The molecule has 3 unspecified atom stereocenters. The molecule has 4 heterocycles. The molecule has 1 saturated carbocycles. The number of aromatic nitrogens is 1. The fourth-order valence-corrected chi connectivity index (χ4v) is 7.12. The second-order valence-electron chi connectivity index (χ2n) is 13.5. The van der Waals surface area contributed by atoms with E-state index in [0.717, 1.165) is 25.8 Å². The van der Waals surface area contributed by atoms with Crippen molar-refractivity contribution in [2.45, 2.75) is 89.6 Å². The molecule has 0 spiro atoms. The van der Waals surface area contributed by atoms with E-state index in [1.807, 2.05) is 26.8 Å². The van der Waals surface area contributed by atoms with Crippen LogP contribution in [0.5, 0.6) is 5.88 Å². The Morgan fingerprint density at radius 3 is 2.63 bits per heavy atom. The highest BCUT2D eigenvalue weighted by Gasteiger charge is 2.55. The first-order chi connectivity index (χ1) is 20.0. The minimum Gasteiger partial charge on any atom is -0.475 e. The Balaban J connectivity index is 1.32. The number of anilines is 1. The summed E-state index contributed by atoms with van der Waals surface area (Å²) in [6, 6.07) is 1.72.